The van der Waals surface area contributed by atoms with E-state index in [0.29, 0.717) is 6.04 Å². The van der Waals surface area contributed by atoms with Gasteiger partial charge in [-0.15, -0.1) is 23.7 Å². The zero-order valence-corrected chi connectivity index (χ0v) is 13.1. The summed E-state index contributed by atoms with van der Waals surface area (Å²) in [6.07, 6.45) is 1.81. The first-order valence-electron chi connectivity index (χ1n) is 6.63. The first-order chi connectivity index (χ1) is 9.31. The van der Waals surface area contributed by atoms with E-state index in [9.17, 15) is 0 Å². The third-order valence-electron chi connectivity index (χ3n) is 3.27. The number of halogens is 1. The van der Waals surface area contributed by atoms with Gasteiger partial charge in [0.1, 0.15) is 5.01 Å². The highest BCUT2D eigenvalue weighted by atomic mass is 35.5. The third kappa shape index (κ3) is 3.76. The predicted molar refractivity (Wildman–Crippen MR) is 85.3 cm³/mol. The van der Waals surface area contributed by atoms with Crippen molar-refractivity contribution in [3.05, 3.63) is 35.5 Å². The van der Waals surface area contributed by atoms with Crippen LogP contribution in [-0.2, 0) is 6.54 Å². The Bertz CT molecular complexity index is 531. The molecule has 0 aromatic carbocycles. The first-order valence-corrected chi connectivity index (χ1v) is 7.51. The van der Waals surface area contributed by atoms with Crippen molar-refractivity contribution in [2.45, 2.75) is 19.5 Å². The topological polar surface area (TPSA) is 41.1 Å². The Morgan fingerprint density at radius 2 is 2.35 bits per heavy atom. The van der Waals surface area contributed by atoms with Crippen LogP contribution in [0, 0.1) is 0 Å². The largest absolute Gasteiger partial charge is 0.312 e. The Morgan fingerprint density at radius 3 is 3.10 bits per heavy atom. The van der Waals surface area contributed by atoms with E-state index in [1.54, 1.807) is 11.3 Å². The highest BCUT2D eigenvalue weighted by Crippen LogP contribution is 2.22. The predicted octanol–water partition coefficient (Wildman–Crippen LogP) is 2.42. The smallest absolute Gasteiger partial charge is 0.142 e. The van der Waals surface area contributed by atoms with Gasteiger partial charge in [-0.05, 0) is 19.1 Å². The van der Waals surface area contributed by atoms with Crippen molar-refractivity contribution >= 4 is 23.7 Å². The number of rotatable bonds is 3. The van der Waals surface area contributed by atoms with E-state index < -0.39 is 0 Å². The summed E-state index contributed by atoms with van der Waals surface area (Å²) < 4.78 is 0. The van der Waals surface area contributed by atoms with Gasteiger partial charge in [-0.1, -0.05) is 6.07 Å². The Morgan fingerprint density at radius 1 is 1.45 bits per heavy atom. The first kappa shape index (κ1) is 15.4. The van der Waals surface area contributed by atoms with Crippen LogP contribution < -0.4 is 5.32 Å². The summed E-state index contributed by atoms with van der Waals surface area (Å²) in [5.74, 6) is 0. The molecule has 1 aliphatic heterocycles. The molecule has 0 bridgehead atoms. The zero-order valence-electron chi connectivity index (χ0n) is 11.5. The summed E-state index contributed by atoms with van der Waals surface area (Å²) >= 11 is 1.68. The molecule has 1 aliphatic rings. The fourth-order valence-corrected chi connectivity index (χ4v) is 3.16. The SMILES string of the molecule is C[C@H]1CN(Cc2csc(-c3ccccn3)n2)CCN1.Cl. The van der Waals surface area contributed by atoms with Crippen molar-refractivity contribution in [3.8, 4) is 10.7 Å². The second kappa shape index (κ2) is 7.13. The molecule has 0 amide bonds. The number of piperazine rings is 1. The number of nitrogens with one attached hydrogen (secondary N) is 1. The summed E-state index contributed by atoms with van der Waals surface area (Å²) in [6, 6.07) is 6.51. The van der Waals surface area contributed by atoms with Crippen LogP contribution in [0.5, 0.6) is 0 Å². The van der Waals surface area contributed by atoms with Crippen molar-refractivity contribution in [1.29, 1.82) is 0 Å². The number of hydrogen-bond acceptors (Lipinski definition) is 5. The third-order valence-corrected chi connectivity index (χ3v) is 4.19. The van der Waals surface area contributed by atoms with E-state index in [4.69, 9.17) is 4.98 Å². The number of thiazole rings is 1. The van der Waals surface area contributed by atoms with E-state index in [0.717, 1.165) is 42.6 Å². The molecule has 20 heavy (non-hydrogen) atoms. The van der Waals surface area contributed by atoms with Gasteiger partial charge < -0.3 is 5.32 Å². The lowest BCUT2D eigenvalue weighted by Crippen LogP contribution is -2.48. The van der Waals surface area contributed by atoms with Gasteiger partial charge in [0.05, 0.1) is 11.4 Å². The molecule has 0 aliphatic carbocycles. The Balaban J connectivity index is 0.00000147. The van der Waals surface area contributed by atoms with Crippen LogP contribution in [0.3, 0.4) is 0 Å². The lowest BCUT2D eigenvalue weighted by molar-refractivity contribution is 0.198. The maximum absolute atomic E-state index is 4.69. The summed E-state index contributed by atoms with van der Waals surface area (Å²) in [5.41, 5.74) is 2.12. The summed E-state index contributed by atoms with van der Waals surface area (Å²) in [4.78, 5) is 11.5. The molecule has 2 aromatic rings. The standard InChI is InChI=1S/C14H18N4S.ClH/c1-11-8-18(7-6-15-11)9-12-10-19-14(17-12)13-4-2-3-5-16-13;/h2-5,10-11,15H,6-9H2,1H3;1H/t11-;/m0./s1. The molecule has 1 saturated heterocycles. The van der Waals surface area contributed by atoms with Gasteiger partial charge in [0.2, 0.25) is 0 Å². The second-order valence-electron chi connectivity index (χ2n) is 4.95. The molecular formula is C14H19ClN4S. The van der Waals surface area contributed by atoms with Crippen molar-refractivity contribution in [3.63, 3.8) is 0 Å². The van der Waals surface area contributed by atoms with Crippen LogP contribution in [0.1, 0.15) is 12.6 Å². The zero-order chi connectivity index (χ0) is 13.1. The van der Waals surface area contributed by atoms with E-state index in [1.807, 2.05) is 24.4 Å². The molecule has 0 unspecified atom stereocenters. The van der Waals surface area contributed by atoms with Crippen LogP contribution in [0.25, 0.3) is 10.7 Å². The van der Waals surface area contributed by atoms with Crippen LogP contribution >= 0.6 is 23.7 Å². The van der Waals surface area contributed by atoms with Crippen molar-refractivity contribution in [1.82, 2.24) is 20.2 Å². The highest BCUT2D eigenvalue weighted by molar-refractivity contribution is 7.13. The molecule has 2 aromatic heterocycles. The molecule has 1 atom stereocenters. The molecule has 1 fully saturated rings. The number of aromatic nitrogens is 2. The number of pyridine rings is 1. The van der Waals surface area contributed by atoms with E-state index >= 15 is 0 Å². The molecule has 0 spiro atoms. The molecule has 0 radical (unpaired) electrons. The van der Waals surface area contributed by atoms with Gasteiger partial charge in [-0.2, -0.15) is 0 Å². The summed E-state index contributed by atoms with van der Waals surface area (Å²) in [6.45, 7) is 6.43. The molecule has 3 rings (SSSR count). The van der Waals surface area contributed by atoms with Gasteiger partial charge in [0.25, 0.3) is 0 Å². The average Bonchev–Trinajstić information content (AvgIpc) is 2.88. The Labute approximate surface area is 129 Å². The molecular weight excluding hydrogens is 292 g/mol. The lowest BCUT2D eigenvalue weighted by atomic mass is 10.2. The van der Waals surface area contributed by atoms with E-state index in [1.165, 1.54) is 0 Å². The maximum atomic E-state index is 4.69. The molecule has 6 heteroatoms. The van der Waals surface area contributed by atoms with Crippen molar-refractivity contribution in [2.24, 2.45) is 0 Å². The minimum atomic E-state index is 0. The van der Waals surface area contributed by atoms with Crippen LogP contribution in [0.4, 0.5) is 0 Å². The van der Waals surface area contributed by atoms with E-state index in [-0.39, 0.29) is 12.4 Å². The Hall–Kier alpha value is -1.01. The van der Waals surface area contributed by atoms with Gasteiger partial charge in [0.15, 0.2) is 0 Å². The van der Waals surface area contributed by atoms with E-state index in [2.05, 4.69) is 27.5 Å². The molecule has 4 nitrogen and oxygen atoms in total. The minimum absolute atomic E-state index is 0. The molecule has 108 valence electrons. The second-order valence-corrected chi connectivity index (χ2v) is 5.81. The maximum Gasteiger partial charge on any atom is 0.142 e. The monoisotopic (exact) mass is 310 g/mol. The van der Waals surface area contributed by atoms with Gasteiger partial charge >= 0.3 is 0 Å². The van der Waals surface area contributed by atoms with Crippen LogP contribution in [0.15, 0.2) is 29.8 Å². The van der Waals surface area contributed by atoms with Crippen LogP contribution in [0.2, 0.25) is 0 Å². The lowest BCUT2D eigenvalue weighted by Gasteiger charge is -2.31. The van der Waals surface area contributed by atoms with Gasteiger partial charge in [0, 0.05) is 43.8 Å². The normalized spacial score (nSPS) is 19.6. The van der Waals surface area contributed by atoms with Gasteiger partial charge in [-0.25, -0.2) is 4.98 Å². The fourth-order valence-electron chi connectivity index (χ4n) is 2.37. The van der Waals surface area contributed by atoms with Crippen molar-refractivity contribution in [2.75, 3.05) is 19.6 Å². The summed E-state index contributed by atoms with van der Waals surface area (Å²) in [5, 5.41) is 6.62. The molecule has 3 heterocycles. The minimum Gasteiger partial charge on any atom is -0.312 e. The fraction of sp³-hybridized carbons (Fsp3) is 0.429. The van der Waals surface area contributed by atoms with Gasteiger partial charge in [-0.3, -0.25) is 9.88 Å². The van der Waals surface area contributed by atoms with Crippen LogP contribution in [-0.4, -0.2) is 40.5 Å². The molecule has 0 saturated carbocycles. The molecule has 1 N–H and O–H groups in total. The number of hydrogen-bond donors (Lipinski definition) is 1. The average molecular weight is 311 g/mol. The number of nitrogens with zero attached hydrogens (tertiary/aromatic N) is 3. The summed E-state index contributed by atoms with van der Waals surface area (Å²) in [7, 11) is 0. The van der Waals surface area contributed by atoms with Crippen molar-refractivity contribution < 1.29 is 0 Å². The Kier molecular flexibility index (Phi) is 5.48. The highest BCUT2D eigenvalue weighted by Gasteiger charge is 2.16. The quantitative estimate of drug-likeness (QED) is 0.945.